The maximum atomic E-state index is 10.3. The second-order valence-electron chi connectivity index (χ2n) is 5.88. The van der Waals surface area contributed by atoms with Crippen molar-refractivity contribution >= 4 is 40.4 Å². The largest absolute Gasteiger partial charge is 1.00 e. The standard InChI is InChI=1S/C10H13N5O4.2Na.H5O10P3.3H2O/c11-8-5-9(13-2-12-8)15(3-14-5)10-7(18)6(17)4(1-16)19-10;;;1-11(2,3)9-13(7,8)10-12(4,5)6;;;/h2-4,6-7,10,16-18H,1H2,(H2,11,12,13);;;(H,7,8)(H2,1,2,3)(H2,4,5,6);3*1H2/q;2*+1;;;;/p-2/t4-,6-,7-,10-;;;;;;/m1....../s1. The van der Waals surface area contributed by atoms with Crippen molar-refractivity contribution in [3.05, 3.63) is 12.7 Å². The first kappa shape index (κ1) is 44.5. The zero-order chi connectivity index (χ0) is 24.5. The molecule has 3 rings (SSSR count). The second-order valence-corrected chi connectivity index (χ2v) is 10.0. The van der Waals surface area contributed by atoms with Gasteiger partial charge < -0.3 is 71.3 Å². The van der Waals surface area contributed by atoms with Crippen LogP contribution in [0.1, 0.15) is 6.23 Å². The van der Waals surface area contributed by atoms with E-state index in [-0.39, 0.29) is 81.4 Å². The van der Waals surface area contributed by atoms with Crippen molar-refractivity contribution in [3.8, 4) is 0 Å². The molecule has 0 aliphatic carbocycles. The van der Waals surface area contributed by atoms with E-state index >= 15 is 0 Å². The fourth-order valence-electron chi connectivity index (χ4n) is 2.44. The van der Waals surface area contributed by atoms with E-state index < -0.39 is 54.6 Å². The Morgan fingerprint density at radius 3 is 1.97 bits per heavy atom. The number of anilines is 1. The third-order valence-corrected chi connectivity index (χ3v) is 6.89. The van der Waals surface area contributed by atoms with E-state index in [2.05, 4.69) is 23.6 Å². The average Bonchev–Trinajstić information content (AvgIpc) is 3.14. The predicted molar refractivity (Wildman–Crippen MR) is 105 cm³/mol. The zero-order valence-corrected chi connectivity index (χ0v) is 25.5. The van der Waals surface area contributed by atoms with Crippen molar-refractivity contribution in [2.75, 3.05) is 12.3 Å². The van der Waals surface area contributed by atoms with E-state index in [1.54, 1.807) is 0 Å². The van der Waals surface area contributed by atoms with Gasteiger partial charge in [0, 0.05) is 0 Å². The molecule has 1 saturated heterocycles. The molecule has 2 aromatic heterocycles. The Hall–Kier alpha value is 0.480. The summed E-state index contributed by atoms with van der Waals surface area (Å²) < 4.78 is 42.6. The summed E-state index contributed by atoms with van der Waals surface area (Å²) in [5, 5.41) is 28.7. The van der Waals surface area contributed by atoms with Crippen LogP contribution in [0.5, 0.6) is 0 Å². The van der Waals surface area contributed by atoms with E-state index in [9.17, 15) is 33.7 Å². The Kier molecular flexibility index (Phi) is 20.8. The van der Waals surface area contributed by atoms with E-state index in [4.69, 9.17) is 30.3 Å². The molecule has 37 heavy (non-hydrogen) atoms. The maximum absolute atomic E-state index is 10.3. The van der Waals surface area contributed by atoms with Gasteiger partial charge in [-0.15, -0.1) is 0 Å². The van der Waals surface area contributed by atoms with Gasteiger partial charge in [0.05, 0.1) is 20.8 Å². The van der Waals surface area contributed by atoms with Crippen molar-refractivity contribution < 1.29 is 142 Å². The number of nitrogen functional groups attached to an aromatic ring is 1. The van der Waals surface area contributed by atoms with Crippen LogP contribution in [0.4, 0.5) is 5.82 Å². The molecule has 0 amide bonds. The number of fused-ring (bicyclic) bond motifs is 1. The smallest absolute Gasteiger partial charge is 0.789 e. The minimum atomic E-state index is -5.85. The van der Waals surface area contributed by atoms with Gasteiger partial charge in [-0.25, -0.2) is 24.1 Å². The van der Waals surface area contributed by atoms with Gasteiger partial charge in [-0.3, -0.25) is 8.88 Å². The minimum absolute atomic E-state index is 0. The Balaban J connectivity index is -0.000000275. The van der Waals surface area contributed by atoms with Gasteiger partial charge in [0.2, 0.25) is 0 Å². The third kappa shape index (κ3) is 13.1. The first-order chi connectivity index (χ1) is 14.5. The van der Waals surface area contributed by atoms with Crippen LogP contribution in [0.3, 0.4) is 0 Å². The summed E-state index contributed by atoms with van der Waals surface area (Å²) in [4.78, 5) is 55.4. The summed E-state index contributed by atoms with van der Waals surface area (Å²) in [6, 6.07) is 0. The molecule has 3 heterocycles. The normalized spacial score (nSPS) is 22.4. The van der Waals surface area contributed by atoms with Gasteiger partial charge in [-0.1, -0.05) is 0 Å². The summed E-state index contributed by atoms with van der Waals surface area (Å²) >= 11 is 0. The molecule has 206 valence electrons. The number of ether oxygens (including phenoxy) is 1. The molecule has 2 aromatic rings. The molecule has 1 fully saturated rings. The topological polar surface area (TPSA) is 411 Å². The number of rotatable bonds is 6. The molecule has 14 N–H and O–H groups in total. The molecule has 22 nitrogen and oxygen atoms in total. The molecule has 0 aromatic carbocycles. The van der Waals surface area contributed by atoms with Gasteiger partial charge in [0.15, 0.2) is 17.7 Å². The molecular weight excluding hydrogens is 601 g/mol. The fourth-order valence-corrected chi connectivity index (χ4v) is 4.92. The number of aromatic nitrogens is 4. The maximum Gasteiger partial charge on any atom is 1.00 e. The number of aliphatic hydroxyl groups excluding tert-OH is 3. The Morgan fingerprint density at radius 2 is 1.54 bits per heavy atom. The molecule has 0 saturated carbocycles. The molecule has 1 unspecified atom stereocenters. The van der Waals surface area contributed by atoms with E-state index in [1.165, 1.54) is 17.2 Å². The van der Waals surface area contributed by atoms with Crippen LogP contribution in [-0.4, -0.2) is 90.9 Å². The average molecular weight is 623 g/mol. The van der Waals surface area contributed by atoms with Crippen molar-refractivity contribution in [1.29, 1.82) is 0 Å². The summed E-state index contributed by atoms with van der Waals surface area (Å²) in [7, 11) is -16.9. The number of phosphoric acid groups is 3. The Labute approximate surface area is 250 Å². The van der Waals surface area contributed by atoms with Gasteiger partial charge in [0.1, 0.15) is 30.2 Å². The minimum Gasteiger partial charge on any atom is -0.789 e. The molecule has 0 bridgehead atoms. The number of hydrogen-bond acceptors (Lipinski definition) is 15. The molecule has 27 heteroatoms. The van der Waals surface area contributed by atoms with Crippen molar-refractivity contribution in [3.63, 3.8) is 0 Å². The van der Waals surface area contributed by atoms with Crippen molar-refractivity contribution in [2.45, 2.75) is 24.5 Å². The fraction of sp³-hybridized carbons (Fsp3) is 0.500. The molecular formula is C10H22N5Na2O17P3. The summed E-state index contributed by atoms with van der Waals surface area (Å²) in [6.07, 6.45) is -1.42. The molecule has 0 radical (unpaired) electrons. The number of imidazole rings is 1. The first-order valence-corrected chi connectivity index (χ1v) is 12.4. The number of nitrogens with zero attached hydrogens (tertiary/aromatic N) is 4. The number of nitrogens with two attached hydrogens (primary N) is 1. The molecule has 1 aliphatic rings. The van der Waals surface area contributed by atoms with Gasteiger partial charge in [-0.05, 0) is 0 Å². The van der Waals surface area contributed by atoms with Crippen molar-refractivity contribution in [1.82, 2.24) is 19.5 Å². The van der Waals surface area contributed by atoms with Crippen LogP contribution in [0.15, 0.2) is 12.7 Å². The first-order valence-electron chi connectivity index (χ1n) is 7.93. The van der Waals surface area contributed by atoms with Crippen LogP contribution < -0.4 is 74.6 Å². The zero-order valence-electron chi connectivity index (χ0n) is 18.8. The van der Waals surface area contributed by atoms with Crippen LogP contribution in [-0.2, 0) is 27.1 Å². The Morgan fingerprint density at radius 1 is 1.00 bits per heavy atom. The summed E-state index contributed by atoms with van der Waals surface area (Å²) in [5.41, 5.74) is 6.44. The van der Waals surface area contributed by atoms with Gasteiger partial charge >= 0.3 is 74.8 Å². The monoisotopic (exact) mass is 623 g/mol. The van der Waals surface area contributed by atoms with E-state index in [0.717, 1.165) is 0 Å². The van der Waals surface area contributed by atoms with E-state index in [0.29, 0.717) is 11.2 Å². The summed E-state index contributed by atoms with van der Waals surface area (Å²) in [6.45, 7) is -0.390. The van der Waals surface area contributed by atoms with Crippen LogP contribution >= 0.6 is 23.5 Å². The Bertz CT molecular complexity index is 1070. The quantitative estimate of drug-likeness (QED) is 0.116. The van der Waals surface area contributed by atoms with Crippen LogP contribution in [0.2, 0.25) is 0 Å². The van der Waals surface area contributed by atoms with Gasteiger partial charge in [0.25, 0.3) is 0 Å². The SMILES string of the molecule is Nc1ncnc2c1ncn2[C@@H]1O[C@H](CO)[C@@H](O)[C@H]1O.O.O.O.O=P([O-])([O-])OP(=O)(O)OP(=O)(O)O.[Na+].[Na+]. The van der Waals surface area contributed by atoms with Gasteiger partial charge in [-0.2, -0.15) is 4.31 Å². The van der Waals surface area contributed by atoms with Crippen LogP contribution in [0, 0.1) is 0 Å². The van der Waals surface area contributed by atoms with Crippen molar-refractivity contribution in [2.24, 2.45) is 0 Å². The third-order valence-electron chi connectivity index (χ3n) is 3.59. The second kappa shape index (κ2) is 17.3. The number of aliphatic hydroxyl groups is 3. The predicted octanol–water partition coefficient (Wildman–Crippen LogP) is -12.4. The number of hydrogen-bond donors (Lipinski definition) is 7. The molecule has 0 spiro atoms. The van der Waals surface area contributed by atoms with Crippen LogP contribution in [0.25, 0.3) is 11.2 Å². The van der Waals surface area contributed by atoms with E-state index in [1.807, 2.05) is 0 Å². The molecule has 5 atom stereocenters. The summed E-state index contributed by atoms with van der Waals surface area (Å²) in [5.74, 6) is 0.218. The molecule has 1 aliphatic heterocycles.